The van der Waals surface area contributed by atoms with E-state index in [4.69, 9.17) is 11.6 Å². The number of halogens is 1. The molecule has 1 fully saturated rings. The van der Waals surface area contributed by atoms with Crippen LogP contribution in [0, 0.1) is 13.8 Å². The van der Waals surface area contributed by atoms with E-state index in [2.05, 4.69) is 15.5 Å². The van der Waals surface area contributed by atoms with Crippen LogP contribution in [0.5, 0.6) is 0 Å². The summed E-state index contributed by atoms with van der Waals surface area (Å²) in [5, 5.41) is 11.1. The van der Waals surface area contributed by atoms with E-state index in [0.717, 1.165) is 23.4 Å². The zero-order valence-electron chi connectivity index (χ0n) is 12.7. The summed E-state index contributed by atoms with van der Waals surface area (Å²) in [7, 11) is 0. The van der Waals surface area contributed by atoms with Crippen LogP contribution in [-0.2, 0) is 0 Å². The van der Waals surface area contributed by atoms with E-state index in [9.17, 15) is 4.79 Å². The third-order valence-electron chi connectivity index (χ3n) is 4.22. The van der Waals surface area contributed by atoms with E-state index in [1.807, 2.05) is 43.0 Å². The van der Waals surface area contributed by atoms with Crippen LogP contribution in [0.2, 0.25) is 5.02 Å². The molecule has 0 radical (unpaired) electrons. The van der Waals surface area contributed by atoms with Gasteiger partial charge in [-0.2, -0.15) is 5.10 Å². The molecule has 22 heavy (non-hydrogen) atoms. The van der Waals surface area contributed by atoms with E-state index >= 15 is 0 Å². The summed E-state index contributed by atoms with van der Waals surface area (Å²) in [6, 6.07) is 7.60. The molecule has 1 aromatic carbocycles. The first-order chi connectivity index (χ1) is 10.6. The molecule has 1 aliphatic heterocycles. The number of carbonyl (C=O) groups excluding carboxylic acids is 1. The number of nitrogens with one attached hydrogen (secondary N) is 2. The maximum Gasteiger partial charge on any atom is 0.275 e. The largest absolute Gasteiger partial charge is 0.328 e. The molecule has 1 aliphatic rings. The highest BCUT2D eigenvalue weighted by atomic mass is 35.5. The molecule has 2 aromatic rings. The fourth-order valence-electron chi connectivity index (χ4n) is 2.80. The molecule has 2 heterocycles. The van der Waals surface area contributed by atoms with Crippen molar-refractivity contribution >= 4 is 17.5 Å². The molecule has 116 valence electrons. The smallest absolute Gasteiger partial charge is 0.275 e. The fraction of sp³-hybridized carbons (Fsp3) is 0.375. The quantitative estimate of drug-likeness (QED) is 0.894. The van der Waals surface area contributed by atoms with Crippen LogP contribution in [0.15, 0.2) is 24.3 Å². The Bertz CT molecular complexity index is 697. The number of carbonyl (C=O) groups is 1. The Morgan fingerprint density at radius 1 is 1.36 bits per heavy atom. The highest BCUT2D eigenvalue weighted by molar-refractivity contribution is 6.31. The van der Waals surface area contributed by atoms with Gasteiger partial charge in [0, 0.05) is 35.9 Å². The SMILES string of the molecule is Cc1[nH]nc(C(=O)N2CCNCC2c2ccccc2Cl)c1C. The van der Waals surface area contributed by atoms with Gasteiger partial charge in [-0.25, -0.2) is 0 Å². The van der Waals surface area contributed by atoms with Gasteiger partial charge in [0.1, 0.15) is 0 Å². The summed E-state index contributed by atoms with van der Waals surface area (Å²) >= 11 is 6.32. The third kappa shape index (κ3) is 2.62. The average molecular weight is 319 g/mol. The lowest BCUT2D eigenvalue weighted by atomic mass is 10.0. The van der Waals surface area contributed by atoms with Crippen LogP contribution in [0.4, 0.5) is 0 Å². The first-order valence-corrected chi connectivity index (χ1v) is 7.75. The van der Waals surface area contributed by atoms with Crippen LogP contribution in [0.1, 0.15) is 33.4 Å². The van der Waals surface area contributed by atoms with Crippen LogP contribution in [0.3, 0.4) is 0 Å². The second kappa shape index (κ2) is 6.10. The molecule has 0 spiro atoms. The van der Waals surface area contributed by atoms with Crippen LogP contribution >= 0.6 is 11.6 Å². The summed E-state index contributed by atoms with van der Waals surface area (Å²) in [6.07, 6.45) is 0. The van der Waals surface area contributed by atoms with Crippen molar-refractivity contribution in [1.82, 2.24) is 20.4 Å². The summed E-state index contributed by atoms with van der Waals surface area (Å²) in [5.41, 5.74) is 3.29. The molecule has 1 unspecified atom stereocenters. The predicted octanol–water partition coefficient (Wildman–Crippen LogP) is 2.47. The molecular formula is C16H19ClN4O. The number of aryl methyl sites for hydroxylation is 1. The normalized spacial score (nSPS) is 18.5. The van der Waals surface area contributed by atoms with E-state index in [1.54, 1.807) is 0 Å². The molecule has 6 heteroatoms. The van der Waals surface area contributed by atoms with Crippen molar-refractivity contribution < 1.29 is 4.79 Å². The maximum absolute atomic E-state index is 12.9. The van der Waals surface area contributed by atoms with Crippen molar-refractivity contribution in [3.8, 4) is 0 Å². The molecule has 0 saturated carbocycles. The minimum Gasteiger partial charge on any atom is -0.328 e. The average Bonchev–Trinajstić information content (AvgIpc) is 2.87. The van der Waals surface area contributed by atoms with Gasteiger partial charge in [0.2, 0.25) is 0 Å². The van der Waals surface area contributed by atoms with E-state index in [0.29, 0.717) is 23.8 Å². The van der Waals surface area contributed by atoms with Crippen LogP contribution < -0.4 is 5.32 Å². The van der Waals surface area contributed by atoms with E-state index < -0.39 is 0 Å². The summed E-state index contributed by atoms with van der Waals surface area (Å²) in [4.78, 5) is 14.8. The first-order valence-electron chi connectivity index (χ1n) is 7.37. The van der Waals surface area contributed by atoms with Crippen molar-refractivity contribution in [3.63, 3.8) is 0 Å². The van der Waals surface area contributed by atoms with Crippen molar-refractivity contribution in [2.75, 3.05) is 19.6 Å². The predicted molar refractivity (Wildman–Crippen MR) is 86.2 cm³/mol. The van der Waals surface area contributed by atoms with Crippen LogP contribution in [-0.4, -0.2) is 40.6 Å². The Balaban J connectivity index is 1.95. The lowest BCUT2D eigenvalue weighted by Crippen LogP contribution is -2.49. The number of piperazine rings is 1. The second-order valence-electron chi connectivity index (χ2n) is 5.56. The summed E-state index contributed by atoms with van der Waals surface area (Å²) in [5.74, 6) is -0.0479. The minimum absolute atomic E-state index is 0.0479. The Morgan fingerprint density at radius 2 is 2.14 bits per heavy atom. The number of rotatable bonds is 2. The molecule has 1 atom stereocenters. The zero-order valence-corrected chi connectivity index (χ0v) is 13.4. The van der Waals surface area contributed by atoms with Crippen LogP contribution in [0.25, 0.3) is 0 Å². The molecule has 2 N–H and O–H groups in total. The van der Waals surface area contributed by atoms with Gasteiger partial charge in [-0.3, -0.25) is 9.89 Å². The number of amides is 1. The second-order valence-corrected chi connectivity index (χ2v) is 5.97. The molecule has 3 rings (SSSR count). The Kier molecular flexibility index (Phi) is 4.18. The van der Waals surface area contributed by atoms with Gasteiger partial charge in [-0.05, 0) is 25.5 Å². The lowest BCUT2D eigenvalue weighted by Gasteiger charge is -2.36. The maximum atomic E-state index is 12.9. The number of benzene rings is 1. The van der Waals surface area contributed by atoms with Crippen molar-refractivity contribution in [1.29, 1.82) is 0 Å². The van der Waals surface area contributed by atoms with E-state index in [1.165, 1.54) is 0 Å². The molecule has 0 bridgehead atoms. The van der Waals surface area contributed by atoms with Crippen molar-refractivity contribution in [3.05, 3.63) is 51.8 Å². The molecule has 1 saturated heterocycles. The lowest BCUT2D eigenvalue weighted by molar-refractivity contribution is 0.0627. The highest BCUT2D eigenvalue weighted by Gasteiger charge is 2.31. The summed E-state index contributed by atoms with van der Waals surface area (Å²) in [6.45, 7) is 5.94. The van der Waals surface area contributed by atoms with Gasteiger partial charge in [-0.1, -0.05) is 29.8 Å². The van der Waals surface area contributed by atoms with Gasteiger partial charge in [0.05, 0.1) is 6.04 Å². The minimum atomic E-state index is -0.0774. The number of aromatic amines is 1. The van der Waals surface area contributed by atoms with Gasteiger partial charge in [-0.15, -0.1) is 0 Å². The van der Waals surface area contributed by atoms with E-state index in [-0.39, 0.29) is 11.9 Å². The molecule has 0 aliphatic carbocycles. The Morgan fingerprint density at radius 3 is 2.82 bits per heavy atom. The van der Waals surface area contributed by atoms with Gasteiger partial charge in [0.25, 0.3) is 5.91 Å². The third-order valence-corrected chi connectivity index (χ3v) is 4.57. The standard InChI is InChI=1S/C16H19ClN4O/c1-10-11(2)19-20-15(10)16(22)21-8-7-18-9-14(21)12-5-3-4-6-13(12)17/h3-6,14,18H,7-9H2,1-2H3,(H,19,20). The topological polar surface area (TPSA) is 61.0 Å². The number of hydrogen-bond acceptors (Lipinski definition) is 3. The van der Waals surface area contributed by atoms with Crippen molar-refractivity contribution in [2.45, 2.75) is 19.9 Å². The number of H-pyrrole nitrogens is 1. The first kappa shape index (κ1) is 15.1. The summed E-state index contributed by atoms with van der Waals surface area (Å²) < 4.78 is 0. The van der Waals surface area contributed by atoms with Gasteiger partial charge < -0.3 is 10.2 Å². The monoisotopic (exact) mass is 318 g/mol. The highest BCUT2D eigenvalue weighted by Crippen LogP contribution is 2.29. The molecule has 1 amide bonds. The number of aromatic nitrogens is 2. The van der Waals surface area contributed by atoms with Crippen molar-refractivity contribution in [2.24, 2.45) is 0 Å². The fourth-order valence-corrected chi connectivity index (χ4v) is 3.06. The number of hydrogen-bond donors (Lipinski definition) is 2. The zero-order chi connectivity index (χ0) is 15.7. The molecular weight excluding hydrogens is 300 g/mol. The molecule has 5 nitrogen and oxygen atoms in total. The van der Waals surface area contributed by atoms with Gasteiger partial charge in [0.15, 0.2) is 5.69 Å². The number of nitrogens with zero attached hydrogens (tertiary/aromatic N) is 2. The molecule has 1 aromatic heterocycles. The van der Waals surface area contributed by atoms with Gasteiger partial charge >= 0.3 is 0 Å². The Labute approximate surface area is 134 Å². The Hall–Kier alpha value is -1.85.